The molecule has 0 aromatic heterocycles. The molecule has 0 saturated heterocycles. The third-order valence-corrected chi connectivity index (χ3v) is 4.60. The standard InChI is InChI=1S/C23H45NO2/c1-5-6-7-8-9-10-11-12-13-14-15-16-17-18-19-20-23(25)26-22(2)21-24(3)4/h12-13,22H,5-11,14-21H2,1-4H3/b13-12-. The Kier molecular flexibility index (Phi) is 18.3. The largest absolute Gasteiger partial charge is 0.461 e. The van der Waals surface area contributed by atoms with Crippen LogP contribution in [0, 0.1) is 0 Å². The minimum Gasteiger partial charge on any atom is -0.461 e. The molecule has 0 heterocycles. The molecule has 0 aromatic rings. The third-order valence-electron chi connectivity index (χ3n) is 4.60. The van der Waals surface area contributed by atoms with E-state index in [1.807, 2.05) is 25.9 Å². The second kappa shape index (κ2) is 18.9. The van der Waals surface area contributed by atoms with Crippen molar-refractivity contribution in [3.8, 4) is 0 Å². The van der Waals surface area contributed by atoms with Crippen molar-refractivity contribution in [2.24, 2.45) is 0 Å². The number of likely N-dealkylation sites (N-methyl/N-ethyl adjacent to an activating group) is 1. The topological polar surface area (TPSA) is 29.5 Å². The van der Waals surface area contributed by atoms with Crippen molar-refractivity contribution in [1.82, 2.24) is 4.90 Å². The van der Waals surface area contributed by atoms with E-state index >= 15 is 0 Å². The van der Waals surface area contributed by atoms with Crippen molar-refractivity contribution in [3.63, 3.8) is 0 Å². The summed E-state index contributed by atoms with van der Waals surface area (Å²) in [5.41, 5.74) is 0. The number of ether oxygens (including phenoxy) is 1. The van der Waals surface area contributed by atoms with Gasteiger partial charge < -0.3 is 9.64 Å². The zero-order valence-corrected chi connectivity index (χ0v) is 18.1. The number of hydrogen-bond donors (Lipinski definition) is 0. The Morgan fingerprint density at radius 3 is 1.88 bits per heavy atom. The van der Waals surface area contributed by atoms with Crippen molar-refractivity contribution in [3.05, 3.63) is 12.2 Å². The van der Waals surface area contributed by atoms with Crippen LogP contribution in [0.1, 0.15) is 104 Å². The number of carbonyl (C=O) groups excluding carboxylic acids is 1. The lowest BCUT2D eigenvalue weighted by Crippen LogP contribution is -2.27. The Bertz CT molecular complexity index is 339. The summed E-state index contributed by atoms with van der Waals surface area (Å²) < 4.78 is 5.39. The zero-order chi connectivity index (χ0) is 19.5. The SMILES string of the molecule is CCCCCCCC/C=C\CCCCCCCC(=O)OC(C)CN(C)C. The first-order valence-electron chi connectivity index (χ1n) is 11.1. The van der Waals surface area contributed by atoms with Crippen LogP contribution in [-0.4, -0.2) is 37.6 Å². The maximum Gasteiger partial charge on any atom is 0.306 e. The average molecular weight is 368 g/mol. The molecule has 0 fully saturated rings. The molecule has 0 radical (unpaired) electrons. The highest BCUT2D eigenvalue weighted by molar-refractivity contribution is 5.69. The van der Waals surface area contributed by atoms with E-state index in [4.69, 9.17) is 4.74 Å². The molecule has 0 spiro atoms. The predicted octanol–water partition coefficient (Wildman–Crippen LogP) is 6.52. The third kappa shape index (κ3) is 19.5. The van der Waals surface area contributed by atoms with Crippen LogP contribution >= 0.6 is 0 Å². The molecule has 0 amide bonds. The highest BCUT2D eigenvalue weighted by Crippen LogP contribution is 2.10. The van der Waals surface area contributed by atoms with Gasteiger partial charge in [0.2, 0.25) is 0 Å². The van der Waals surface area contributed by atoms with Crippen LogP contribution in [0.3, 0.4) is 0 Å². The van der Waals surface area contributed by atoms with E-state index in [0.29, 0.717) is 6.42 Å². The molecule has 0 aliphatic heterocycles. The Morgan fingerprint density at radius 1 is 0.846 bits per heavy atom. The van der Waals surface area contributed by atoms with Crippen LogP contribution in [0.25, 0.3) is 0 Å². The quantitative estimate of drug-likeness (QED) is 0.157. The Morgan fingerprint density at radius 2 is 1.35 bits per heavy atom. The second-order valence-corrected chi connectivity index (χ2v) is 7.90. The fourth-order valence-corrected chi connectivity index (χ4v) is 3.17. The summed E-state index contributed by atoms with van der Waals surface area (Å²) in [4.78, 5) is 13.8. The van der Waals surface area contributed by atoms with Crippen molar-refractivity contribution < 1.29 is 9.53 Å². The normalized spacial score (nSPS) is 12.8. The molecule has 0 aromatic carbocycles. The molecule has 1 atom stereocenters. The molecule has 3 nitrogen and oxygen atoms in total. The molecule has 0 aliphatic carbocycles. The van der Waals surface area contributed by atoms with Gasteiger partial charge in [0.15, 0.2) is 0 Å². The Hall–Kier alpha value is -0.830. The number of esters is 1. The Labute approximate surface area is 163 Å². The van der Waals surface area contributed by atoms with Gasteiger partial charge in [-0.25, -0.2) is 0 Å². The lowest BCUT2D eigenvalue weighted by atomic mass is 10.1. The van der Waals surface area contributed by atoms with E-state index in [1.165, 1.54) is 70.6 Å². The molecule has 0 rings (SSSR count). The van der Waals surface area contributed by atoms with Gasteiger partial charge in [0.25, 0.3) is 0 Å². The maximum absolute atomic E-state index is 11.7. The van der Waals surface area contributed by atoms with Crippen molar-refractivity contribution in [2.45, 2.75) is 110 Å². The van der Waals surface area contributed by atoms with Crippen molar-refractivity contribution in [2.75, 3.05) is 20.6 Å². The summed E-state index contributed by atoms with van der Waals surface area (Å²) >= 11 is 0. The first-order valence-corrected chi connectivity index (χ1v) is 11.1. The molecule has 3 heteroatoms. The van der Waals surface area contributed by atoms with Crippen LogP contribution in [0.5, 0.6) is 0 Å². The van der Waals surface area contributed by atoms with E-state index in [2.05, 4.69) is 19.1 Å². The fraction of sp³-hybridized carbons (Fsp3) is 0.870. The van der Waals surface area contributed by atoms with Crippen LogP contribution in [0.4, 0.5) is 0 Å². The number of hydrogen-bond acceptors (Lipinski definition) is 3. The summed E-state index contributed by atoms with van der Waals surface area (Å²) in [6, 6.07) is 0. The summed E-state index contributed by atoms with van der Waals surface area (Å²) in [6.45, 7) is 5.01. The minimum atomic E-state index is -0.0445. The lowest BCUT2D eigenvalue weighted by molar-refractivity contribution is -0.148. The molecule has 0 N–H and O–H groups in total. The summed E-state index contributed by atoms with van der Waals surface area (Å²) in [5.74, 6) is -0.0445. The van der Waals surface area contributed by atoms with Crippen LogP contribution < -0.4 is 0 Å². The minimum absolute atomic E-state index is 0.0133. The Balaban J connectivity index is 3.30. The first-order chi connectivity index (χ1) is 12.6. The van der Waals surface area contributed by atoms with E-state index in [9.17, 15) is 4.79 Å². The van der Waals surface area contributed by atoms with E-state index in [1.54, 1.807) is 0 Å². The smallest absolute Gasteiger partial charge is 0.306 e. The monoisotopic (exact) mass is 367 g/mol. The van der Waals surface area contributed by atoms with Gasteiger partial charge in [-0.05, 0) is 53.1 Å². The van der Waals surface area contributed by atoms with Gasteiger partial charge in [-0.15, -0.1) is 0 Å². The number of rotatable bonds is 18. The molecule has 0 aliphatic rings. The van der Waals surface area contributed by atoms with Gasteiger partial charge in [0.1, 0.15) is 6.10 Å². The van der Waals surface area contributed by atoms with Gasteiger partial charge in [-0.1, -0.05) is 70.4 Å². The second-order valence-electron chi connectivity index (χ2n) is 7.90. The molecule has 154 valence electrons. The first kappa shape index (κ1) is 25.2. The highest BCUT2D eigenvalue weighted by Gasteiger charge is 2.09. The molecule has 1 unspecified atom stereocenters. The van der Waals surface area contributed by atoms with Crippen LogP contribution in [-0.2, 0) is 9.53 Å². The number of nitrogens with zero attached hydrogens (tertiary/aromatic N) is 1. The van der Waals surface area contributed by atoms with Gasteiger partial charge in [-0.3, -0.25) is 4.79 Å². The predicted molar refractivity (Wildman–Crippen MR) is 114 cm³/mol. The molecule has 0 saturated carbocycles. The van der Waals surface area contributed by atoms with Crippen molar-refractivity contribution >= 4 is 5.97 Å². The van der Waals surface area contributed by atoms with E-state index < -0.39 is 0 Å². The van der Waals surface area contributed by atoms with Crippen molar-refractivity contribution in [1.29, 1.82) is 0 Å². The van der Waals surface area contributed by atoms with Crippen LogP contribution in [0.15, 0.2) is 12.2 Å². The molecular formula is C23H45NO2. The number of unbranched alkanes of at least 4 members (excludes halogenated alkanes) is 11. The average Bonchev–Trinajstić information content (AvgIpc) is 2.57. The maximum atomic E-state index is 11.7. The zero-order valence-electron chi connectivity index (χ0n) is 18.1. The lowest BCUT2D eigenvalue weighted by Gasteiger charge is -2.17. The van der Waals surface area contributed by atoms with Gasteiger partial charge in [0.05, 0.1) is 0 Å². The van der Waals surface area contributed by atoms with Crippen LogP contribution in [0.2, 0.25) is 0 Å². The molecule has 26 heavy (non-hydrogen) atoms. The van der Waals surface area contributed by atoms with Gasteiger partial charge >= 0.3 is 5.97 Å². The summed E-state index contributed by atoms with van der Waals surface area (Å²) in [5, 5.41) is 0. The molecular weight excluding hydrogens is 322 g/mol. The van der Waals surface area contributed by atoms with Gasteiger partial charge in [-0.2, -0.15) is 0 Å². The van der Waals surface area contributed by atoms with E-state index in [0.717, 1.165) is 19.4 Å². The number of carbonyl (C=O) groups is 1. The fourth-order valence-electron chi connectivity index (χ4n) is 3.17. The summed E-state index contributed by atoms with van der Waals surface area (Å²) in [6.07, 6.45) is 21.9. The highest BCUT2D eigenvalue weighted by atomic mass is 16.5. The molecule has 0 bridgehead atoms. The van der Waals surface area contributed by atoms with E-state index in [-0.39, 0.29) is 12.1 Å². The summed E-state index contributed by atoms with van der Waals surface area (Å²) in [7, 11) is 3.99. The van der Waals surface area contributed by atoms with Gasteiger partial charge in [0, 0.05) is 13.0 Å². The number of allylic oxidation sites excluding steroid dienone is 2.